The first-order chi connectivity index (χ1) is 5.42. The predicted molar refractivity (Wildman–Crippen MR) is 44.5 cm³/mol. The molecule has 0 aromatic rings. The van der Waals surface area contributed by atoms with Crippen molar-refractivity contribution < 1.29 is 0 Å². The van der Waals surface area contributed by atoms with E-state index in [0.717, 1.165) is 18.0 Å². The first-order valence-corrected chi connectivity index (χ1v) is 4.90. The Morgan fingerprint density at radius 1 is 1.09 bits per heavy atom. The molecule has 2 bridgehead atoms. The molecule has 3 atom stereocenters. The summed E-state index contributed by atoms with van der Waals surface area (Å²) in [4.78, 5) is 2.60. The van der Waals surface area contributed by atoms with Gasteiger partial charge in [0, 0.05) is 25.2 Å². The SMILES string of the molecule is C1CC1N[C@@H]1CN2CC[C@H]1C2. The fourth-order valence-corrected chi connectivity index (χ4v) is 2.53. The van der Waals surface area contributed by atoms with Crippen LogP contribution in [-0.4, -0.2) is 36.6 Å². The number of rotatable bonds is 2. The highest BCUT2D eigenvalue weighted by Crippen LogP contribution is 2.30. The first-order valence-electron chi connectivity index (χ1n) is 4.90. The summed E-state index contributed by atoms with van der Waals surface area (Å²) in [6.07, 6.45) is 4.32. The second-order valence-corrected chi connectivity index (χ2v) is 4.36. The second-order valence-electron chi connectivity index (χ2n) is 4.36. The van der Waals surface area contributed by atoms with Gasteiger partial charge in [-0.05, 0) is 31.7 Å². The van der Waals surface area contributed by atoms with Gasteiger partial charge in [0.2, 0.25) is 0 Å². The average Bonchev–Trinajstić information content (AvgIpc) is 2.61. The molecule has 2 heteroatoms. The Morgan fingerprint density at radius 3 is 2.55 bits per heavy atom. The van der Waals surface area contributed by atoms with Gasteiger partial charge in [0.05, 0.1) is 0 Å². The molecule has 3 fully saturated rings. The fourth-order valence-electron chi connectivity index (χ4n) is 2.53. The summed E-state index contributed by atoms with van der Waals surface area (Å²) in [5, 5.41) is 3.74. The number of fused-ring (bicyclic) bond motifs is 2. The predicted octanol–water partition coefficient (Wildman–Crippen LogP) is 0.442. The molecular weight excluding hydrogens is 136 g/mol. The molecule has 0 aromatic carbocycles. The Bertz CT molecular complexity index is 165. The molecular formula is C9H16N2. The van der Waals surface area contributed by atoms with Crippen molar-refractivity contribution in [2.45, 2.75) is 31.3 Å². The van der Waals surface area contributed by atoms with E-state index in [1.807, 2.05) is 0 Å². The van der Waals surface area contributed by atoms with Crippen molar-refractivity contribution in [3.05, 3.63) is 0 Å². The summed E-state index contributed by atoms with van der Waals surface area (Å²) in [5.74, 6) is 0.996. The Balaban J connectivity index is 1.62. The van der Waals surface area contributed by atoms with Crippen LogP contribution in [0.2, 0.25) is 0 Å². The molecule has 62 valence electrons. The first kappa shape index (κ1) is 6.44. The van der Waals surface area contributed by atoms with Crippen molar-refractivity contribution >= 4 is 0 Å². The van der Waals surface area contributed by atoms with Crippen LogP contribution in [-0.2, 0) is 0 Å². The van der Waals surface area contributed by atoms with Crippen LogP contribution in [0.25, 0.3) is 0 Å². The van der Waals surface area contributed by atoms with E-state index in [9.17, 15) is 0 Å². The topological polar surface area (TPSA) is 15.3 Å². The van der Waals surface area contributed by atoms with Gasteiger partial charge in [0.25, 0.3) is 0 Å². The van der Waals surface area contributed by atoms with E-state index in [1.165, 1.54) is 38.9 Å². The highest BCUT2D eigenvalue weighted by molar-refractivity contribution is 4.98. The van der Waals surface area contributed by atoms with Crippen LogP contribution in [0.3, 0.4) is 0 Å². The third-order valence-corrected chi connectivity index (χ3v) is 3.36. The minimum absolute atomic E-state index is 0.858. The highest BCUT2D eigenvalue weighted by atomic mass is 15.2. The molecule has 1 N–H and O–H groups in total. The quantitative estimate of drug-likeness (QED) is 0.618. The van der Waals surface area contributed by atoms with Gasteiger partial charge in [-0.1, -0.05) is 0 Å². The minimum atomic E-state index is 0.858. The normalized spacial score (nSPS) is 48.5. The van der Waals surface area contributed by atoms with Crippen molar-refractivity contribution in [2.24, 2.45) is 5.92 Å². The maximum atomic E-state index is 3.74. The third kappa shape index (κ3) is 1.09. The monoisotopic (exact) mass is 152 g/mol. The number of nitrogens with zero attached hydrogens (tertiary/aromatic N) is 1. The zero-order valence-corrected chi connectivity index (χ0v) is 6.92. The molecule has 2 aliphatic heterocycles. The molecule has 3 rings (SSSR count). The van der Waals surface area contributed by atoms with Gasteiger partial charge >= 0.3 is 0 Å². The molecule has 2 saturated heterocycles. The van der Waals surface area contributed by atoms with Crippen LogP contribution in [0.15, 0.2) is 0 Å². The summed E-state index contributed by atoms with van der Waals surface area (Å²) in [5.41, 5.74) is 0. The van der Waals surface area contributed by atoms with E-state index in [0.29, 0.717) is 0 Å². The lowest BCUT2D eigenvalue weighted by molar-refractivity contribution is 0.314. The Hall–Kier alpha value is -0.0800. The summed E-state index contributed by atoms with van der Waals surface area (Å²) in [7, 11) is 0. The summed E-state index contributed by atoms with van der Waals surface area (Å²) >= 11 is 0. The lowest BCUT2D eigenvalue weighted by Crippen LogP contribution is -2.40. The van der Waals surface area contributed by atoms with Crippen molar-refractivity contribution in [3.8, 4) is 0 Å². The van der Waals surface area contributed by atoms with E-state index in [1.54, 1.807) is 0 Å². The second kappa shape index (κ2) is 2.20. The molecule has 11 heavy (non-hydrogen) atoms. The molecule has 1 saturated carbocycles. The fraction of sp³-hybridized carbons (Fsp3) is 1.00. The van der Waals surface area contributed by atoms with Crippen LogP contribution < -0.4 is 5.32 Å². The Kier molecular flexibility index (Phi) is 1.29. The smallest absolute Gasteiger partial charge is 0.0238 e. The van der Waals surface area contributed by atoms with E-state index < -0.39 is 0 Å². The lowest BCUT2D eigenvalue weighted by Gasteiger charge is -2.22. The number of nitrogens with one attached hydrogen (secondary N) is 1. The molecule has 0 aromatic heterocycles. The minimum Gasteiger partial charge on any atom is -0.310 e. The van der Waals surface area contributed by atoms with Crippen molar-refractivity contribution in [3.63, 3.8) is 0 Å². The molecule has 0 amide bonds. The molecule has 0 spiro atoms. The molecule has 3 aliphatic rings. The van der Waals surface area contributed by atoms with Crippen LogP contribution in [0.1, 0.15) is 19.3 Å². The maximum Gasteiger partial charge on any atom is 0.0238 e. The molecule has 0 radical (unpaired) electrons. The maximum absolute atomic E-state index is 3.74. The molecule has 1 aliphatic carbocycles. The number of hydrogen-bond donors (Lipinski definition) is 1. The lowest BCUT2D eigenvalue weighted by atomic mass is 10.0. The summed E-state index contributed by atoms with van der Waals surface area (Å²) in [6.45, 7) is 4.08. The molecule has 2 nitrogen and oxygen atoms in total. The number of hydrogen-bond acceptors (Lipinski definition) is 2. The van der Waals surface area contributed by atoms with Gasteiger partial charge in [0.1, 0.15) is 0 Å². The van der Waals surface area contributed by atoms with Gasteiger partial charge in [-0.25, -0.2) is 0 Å². The number of piperidine rings is 1. The van der Waals surface area contributed by atoms with E-state index in [4.69, 9.17) is 0 Å². The molecule has 1 unspecified atom stereocenters. The van der Waals surface area contributed by atoms with Gasteiger partial charge in [-0.15, -0.1) is 0 Å². The van der Waals surface area contributed by atoms with Crippen molar-refractivity contribution in [1.29, 1.82) is 0 Å². The van der Waals surface area contributed by atoms with Crippen LogP contribution in [0.5, 0.6) is 0 Å². The standard InChI is InChI=1S/C9H16N2/c1-2-8(1)10-9-6-11-4-3-7(9)5-11/h7-10H,1-6H2/t7-,9+/m0/s1. The van der Waals surface area contributed by atoms with E-state index >= 15 is 0 Å². The van der Waals surface area contributed by atoms with E-state index in [2.05, 4.69) is 10.2 Å². The molecule has 2 heterocycles. The van der Waals surface area contributed by atoms with Crippen LogP contribution >= 0.6 is 0 Å². The van der Waals surface area contributed by atoms with Gasteiger partial charge in [-0.3, -0.25) is 0 Å². The van der Waals surface area contributed by atoms with Crippen LogP contribution in [0.4, 0.5) is 0 Å². The Labute approximate surface area is 68.0 Å². The highest BCUT2D eigenvalue weighted by Gasteiger charge is 2.39. The summed E-state index contributed by atoms with van der Waals surface area (Å²) < 4.78 is 0. The summed E-state index contributed by atoms with van der Waals surface area (Å²) in [6, 6.07) is 1.76. The zero-order chi connectivity index (χ0) is 7.26. The Morgan fingerprint density at radius 2 is 2.00 bits per heavy atom. The largest absolute Gasteiger partial charge is 0.310 e. The van der Waals surface area contributed by atoms with Gasteiger partial charge < -0.3 is 10.2 Å². The zero-order valence-electron chi connectivity index (χ0n) is 6.92. The van der Waals surface area contributed by atoms with Gasteiger partial charge in [0.15, 0.2) is 0 Å². The van der Waals surface area contributed by atoms with Crippen LogP contribution in [0, 0.1) is 5.92 Å². The van der Waals surface area contributed by atoms with Crippen molar-refractivity contribution in [1.82, 2.24) is 10.2 Å². The van der Waals surface area contributed by atoms with E-state index in [-0.39, 0.29) is 0 Å². The third-order valence-electron chi connectivity index (χ3n) is 3.36. The van der Waals surface area contributed by atoms with Crippen molar-refractivity contribution in [2.75, 3.05) is 19.6 Å². The average molecular weight is 152 g/mol. The van der Waals surface area contributed by atoms with Gasteiger partial charge in [-0.2, -0.15) is 0 Å².